The molecule has 83 heavy (non-hydrogen) atoms. The van der Waals surface area contributed by atoms with Crippen LogP contribution in [0.1, 0.15) is 278 Å². The summed E-state index contributed by atoms with van der Waals surface area (Å²) in [6.45, 7) is 5.75. The molecule has 6 unspecified atom stereocenters. The lowest BCUT2D eigenvalue weighted by Gasteiger charge is -2.40. The fourth-order valence-corrected chi connectivity index (χ4v) is 9.65. The maximum Gasteiger partial charge on any atom is 0.335 e. The highest BCUT2D eigenvalue weighted by Crippen LogP contribution is 2.27. The first kappa shape index (κ1) is 76.7. The molecule has 1 aliphatic rings. The summed E-state index contributed by atoms with van der Waals surface area (Å²) in [6.07, 6.45) is 65.1. The number of carbonyl (C=O) groups is 4. The number of hydrogen-bond donors (Lipinski definition) is 3. The second-order valence-electron chi connectivity index (χ2n) is 22.3. The van der Waals surface area contributed by atoms with E-state index in [9.17, 15) is 34.5 Å². The molecule has 12 nitrogen and oxygen atoms in total. The first-order valence-electron chi connectivity index (χ1n) is 33.2. The largest absolute Gasteiger partial charge is 0.479 e. The molecule has 0 spiro atoms. The summed E-state index contributed by atoms with van der Waals surface area (Å²) in [6, 6.07) is 0. The zero-order valence-corrected chi connectivity index (χ0v) is 52.4. The third kappa shape index (κ3) is 47.6. The zero-order valence-electron chi connectivity index (χ0n) is 52.4. The molecule has 0 amide bonds. The van der Waals surface area contributed by atoms with Crippen molar-refractivity contribution in [3.63, 3.8) is 0 Å². The number of aliphatic hydroxyl groups excluding tert-OH is 2. The van der Waals surface area contributed by atoms with Gasteiger partial charge >= 0.3 is 23.9 Å². The summed E-state index contributed by atoms with van der Waals surface area (Å²) in [7, 11) is 0. The standard InChI is InChI=1S/C71H118O12/c1-4-7-10-13-16-19-22-25-28-30-32-34-37-39-42-45-48-51-54-57-63(72)79-60-62(81-64(73)58-55-52-49-46-43-40-36-27-24-21-18-15-12-9-6-3)61-80-71-69(67(76)66(75)68(83-71)70(77)78)82-65(74)59-56-53-50-47-44-41-38-35-33-31-29-26-23-20-17-14-11-8-5-2/h7,9-10,12,16,18-19,21,25,27-28,32,34,36,43,46,62,66-69,71,75-76H,4-6,8,11,13-15,17,20,22-24,26,29-31,33,35,37-42,44-45,47-61H2,1-3H3,(H,77,78)/b10-7-,12-9-,19-16-,21-18-,28-25-,34-32-,36-27-,46-43-. The van der Waals surface area contributed by atoms with Gasteiger partial charge in [0.2, 0.25) is 0 Å². The highest BCUT2D eigenvalue weighted by Gasteiger charge is 2.50. The molecular weight excluding hydrogens is 1040 g/mol. The van der Waals surface area contributed by atoms with Crippen LogP contribution in [-0.2, 0) is 42.9 Å². The van der Waals surface area contributed by atoms with Gasteiger partial charge in [0.15, 0.2) is 24.6 Å². The molecule has 1 heterocycles. The van der Waals surface area contributed by atoms with Gasteiger partial charge in [-0.2, -0.15) is 0 Å². The number of aliphatic hydroxyl groups is 2. The van der Waals surface area contributed by atoms with Crippen molar-refractivity contribution in [2.75, 3.05) is 13.2 Å². The lowest BCUT2D eigenvalue weighted by Crippen LogP contribution is -2.61. The van der Waals surface area contributed by atoms with Gasteiger partial charge in [-0.05, 0) is 96.3 Å². The summed E-state index contributed by atoms with van der Waals surface area (Å²) in [5, 5.41) is 31.6. The third-order valence-corrected chi connectivity index (χ3v) is 14.7. The summed E-state index contributed by atoms with van der Waals surface area (Å²) < 4.78 is 28.5. The van der Waals surface area contributed by atoms with Crippen molar-refractivity contribution >= 4 is 23.9 Å². The quantitative estimate of drug-likeness (QED) is 0.0228. The number of rotatable bonds is 56. The van der Waals surface area contributed by atoms with Crippen LogP contribution in [0.3, 0.4) is 0 Å². The van der Waals surface area contributed by atoms with Crippen LogP contribution in [0.2, 0.25) is 0 Å². The fourth-order valence-electron chi connectivity index (χ4n) is 9.65. The first-order valence-corrected chi connectivity index (χ1v) is 33.2. The van der Waals surface area contributed by atoms with Gasteiger partial charge in [-0.15, -0.1) is 0 Å². The van der Waals surface area contributed by atoms with Crippen molar-refractivity contribution in [1.29, 1.82) is 0 Å². The van der Waals surface area contributed by atoms with E-state index in [0.29, 0.717) is 19.3 Å². The Labute approximate surface area is 504 Å². The second kappa shape index (κ2) is 58.0. The monoisotopic (exact) mass is 1160 g/mol. The lowest BCUT2D eigenvalue weighted by molar-refractivity contribution is -0.301. The van der Waals surface area contributed by atoms with Crippen molar-refractivity contribution in [3.05, 3.63) is 97.2 Å². The molecule has 6 atom stereocenters. The Balaban J connectivity index is 2.67. The van der Waals surface area contributed by atoms with Gasteiger partial charge in [-0.3, -0.25) is 14.4 Å². The molecule has 0 aromatic heterocycles. The molecule has 0 radical (unpaired) electrons. The Morgan fingerprint density at radius 3 is 1.18 bits per heavy atom. The summed E-state index contributed by atoms with van der Waals surface area (Å²) in [5.41, 5.74) is 0. The van der Waals surface area contributed by atoms with E-state index in [1.54, 1.807) is 0 Å². The number of ether oxygens (including phenoxy) is 5. The number of unbranched alkanes of at least 4 members (excludes halogenated alkanes) is 26. The van der Waals surface area contributed by atoms with E-state index in [4.69, 9.17) is 23.7 Å². The maximum atomic E-state index is 13.2. The van der Waals surface area contributed by atoms with Gasteiger partial charge in [0.1, 0.15) is 18.8 Å². The highest BCUT2D eigenvalue weighted by atomic mass is 16.7. The SMILES string of the molecule is CC/C=C\C/C=C\C/C=C\C/C=C\CCCCCCCCC(=O)OCC(COC1OC(C(=O)O)C(O)C(O)C1OC(=O)CCCCCCCCCCCCCCCCCCCCC)OC(=O)CCCC/C=C\C/C=C\C/C=C\C/C=C\CC. The van der Waals surface area contributed by atoms with E-state index in [1.807, 2.05) is 0 Å². The van der Waals surface area contributed by atoms with Crippen molar-refractivity contribution in [3.8, 4) is 0 Å². The Morgan fingerprint density at radius 1 is 0.410 bits per heavy atom. The topological polar surface area (TPSA) is 175 Å². The average Bonchev–Trinajstić information content (AvgIpc) is 3.57. The van der Waals surface area contributed by atoms with Crippen LogP contribution in [0.4, 0.5) is 0 Å². The van der Waals surface area contributed by atoms with Crippen molar-refractivity contribution in [1.82, 2.24) is 0 Å². The van der Waals surface area contributed by atoms with E-state index < -0.39 is 67.3 Å². The number of esters is 3. The molecule has 0 aromatic rings. The predicted molar refractivity (Wildman–Crippen MR) is 340 cm³/mol. The van der Waals surface area contributed by atoms with E-state index in [1.165, 1.54) is 89.9 Å². The van der Waals surface area contributed by atoms with E-state index >= 15 is 0 Å². The second-order valence-corrected chi connectivity index (χ2v) is 22.3. The van der Waals surface area contributed by atoms with Crippen LogP contribution in [-0.4, -0.2) is 89.2 Å². The Bertz CT molecular complexity index is 1810. The summed E-state index contributed by atoms with van der Waals surface area (Å²) in [4.78, 5) is 51.4. The summed E-state index contributed by atoms with van der Waals surface area (Å²) in [5.74, 6) is -3.19. The molecule has 1 rings (SSSR count). The van der Waals surface area contributed by atoms with Crippen LogP contribution < -0.4 is 0 Å². The van der Waals surface area contributed by atoms with Crippen LogP contribution in [0.15, 0.2) is 97.2 Å². The number of carboxylic acids is 1. The number of hydrogen-bond acceptors (Lipinski definition) is 11. The van der Waals surface area contributed by atoms with E-state index in [-0.39, 0.29) is 25.9 Å². The van der Waals surface area contributed by atoms with Gasteiger partial charge in [0, 0.05) is 19.3 Å². The smallest absolute Gasteiger partial charge is 0.335 e. The fraction of sp³-hybridized carbons (Fsp3) is 0.718. The zero-order chi connectivity index (χ0) is 60.3. The Morgan fingerprint density at radius 2 is 0.759 bits per heavy atom. The minimum Gasteiger partial charge on any atom is -0.479 e. The van der Waals surface area contributed by atoms with E-state index in [2.05, 4.69) is 118 Å². The lowest BCUT2D eigenvalue weighted by atomic mass is 9.98. The molecule has 1 saturated heterocycles. The van der Waals surface area contributed by atoms with Crippen LogP contribution in [0.5, 0.6) is 0 Å². The normalized spacial score (nSPS) is 18.2. The molecule has 3 N–H and O–H groups in total. The van der Waals surface area contributed by atoms with Gasteiger partial charge in [-0.1, -0.05) is 259 Å². The van der Waals surface area contributed by atoms with Gasteiger partial charge in [0.25, 0.3) is 0 Å². The third-order valence-electron chi connectivity index (χ3n) is 14.7. The average molecular weight is 1160 g/mol. The molecule has 1 fully saturated rings. The minimum atomic E-state index is -1.91. The van der Waals surface area contributed by atoms with Crippen LogP contribution in [0, 0.1) is 0 Å². The number of carbonyl (C=O) groups excluding carboxylic acids is 3. The molecular formula is C71H118O12. The molecule has 474 valence electrons. The number of allylic oxidation sites excluding steroid dienone is 16. The van der Waals surface area contributed by atoms with Crippen molar-refractivity contribution in [2.24, 2.45) is 0 Å². The van der Waals surface area contributed by atoms with Crippen molar-refractivity contribution in [2.45, 2.75) is 314 Å². The molecule has 0 bridgehead atoms. The van der Waals surface area contributed by atoms with Gasteiger partial charge in [0.05, 0.1) is 6.61 Å². The van der Waals surface area contributed by atoms with E-state index in [0.717, 1.165) is 128 Å². The van der Waals surface area contributed by atoms with Crippen LogP contribution in [0.25, 0.3) is 0 Å². The number of aliphatic carboxylic acids is 1. The molecule has 0 saturated carbocycles. The number of carboxylic acid groups (broad SMARTS) is 1. The van der Waals surface area contributed by atoms with Gasteiger partial charge in [-0.25, -0.2) is 4.79 Å². The Kier molecular flexibility index (Phi) is 53.6. The summed E-state index contributed by atoms with van der Waals surface area (Å²) >= 11 is 0. The predicted octanol–water partition coefficient (Wildman–Crippen LogP) is 18.0. The molecule has 1 aliphatic heterocycles. The van der Waals surface area contributed by atoms with Gasteiger partial charge < -0.3 is 39.0 Å². The van der Waals surface area contributed by atoms with Crippen molar-refractivity contribution < 1.29 is 58.2 Å². The first-order chi connectivity index (χ1) is 40.6. The Hall–Kier alpha value is -4.36. The highest BCUT2D eigenvalue weighted by molar-refractivity contribution is 5.74. The molecule has 0 aliphatic carbocycles. The minimum absolute atomic E-state index is 0.0540. The molecule has 0 aromatic carbocycles. The maximum absolute atomic E-state index is 13.2. The molecule has 12 heteroatoms. The van der Waals surface area contributed by atoms with Crippen LogP contribution >= 0.6 is 0 Å².